The molecule has 0 aliphatic carbocycles. The molecule has 102 heavy (non-hydrogen) atoms. The second-order valence-corrected chi connectivity index (χ2v) is 24.6. The fourth-order valence-corrected chi connectivity index (χ4v) is 12.3. The molecule has 4 unspecified atom stereocenters. The third-order valence-electron chi connectivity index (χ3n) is 17.7. The van der Waals surface area contributed by atoms with Crippen LogP contribution < -0.4 is 30.1 Å². The normalized spacial score (nSPS) is 27.4. The van der Waals surface area contributed by atoms with Gasteiger partial charge in [0, 0.05) is 105 Å². The van der Waals surface area contributed by atoms with Gasteiger partial charge in [-0.05, 0) is 108 Å². The minimum atomic E-state index is -3.09. The Balaban J connectivity index is 0.000000152. The van der Waals surface area contributed by atoms with Crippen LogP contribution >= 0.6 is 0 Å². The number of carbonyl (C=O) groups is 9. The molecular formula is C78H81N9O15. The summed E-state index contributed by atoms with van der Waals surface area (Å²) in [5.41, 5.74) is 5.64. The number of fused-ring (bicyclic) bond motifs is 3. The van der Waals surface area contributed by atoms with Gasteiger partial charge in [-0.1, -0.05) is 111 Å². The first-order valence-corrected chi connectivity index (χ1v) is 32.7. The minimum Gasteiger partial charge on any atom is -0.489 e. The maximum Gasteiger partial charge on any atom is 0.255 e. The summed E-state index contributed by atoms with van der Waals surface area (Å²) in [4.78, 5) is 122. The Hall–Kier alpha value is -11.0. The van der Waals surface area contributed by atoms with E-state index in [4.69, 9.17) is 49.1 Å². The topological polar surface area (TPSA) is 265 Å². The van der Waals surface area contributed by atoms with Gasteiger partial charge in [0.05, 0.1) is 42.2 Å². The van der Waals surface area contributed by atoms with E-state index in [0.29, 0.717) is 93.0 Å². The molecule has 0 radical (unpaired) electrons. The quantitative estimate of drug-likeness (QED) is 0.0774. The summed E-state index contributed by atoms with van der Waals surface area (Å²) >= 11 is 0. The van der Waals surface area contributed by atoms with E-state index in [2.05, 4.69) is 25.1 Å². The predicted molar refractivity (Wildman–Crippen MR) is 371 cm³/mol. The highest BCUT2D eigenvalue weighted by Crippen LogP contribution is 2.38. The first kappa shape index (κ1) is 53.0. The van der Waals surface area contributed by atoms with Crippen LogP contribution in [0.25, 0.3) is 0 Å². The van der Waals surface area contributed by atoms with Crippen LogP contribution in [0.3, 0.4) is 0 Å². The van der Waals surface area contributed by atoms with E-state index >= 15 is 0 Å². The minimum absolute atomic E-state index is 0.0466. The second kappa shape index (κ2) is 31.3. The first-order valence-electron chi connectivity index (χ1n) is 40.2. The number of morpholine rings is 3. The summed E-state index contributed by atoms with van der Waals surface area (Å²) in [6.45, 7) is 14.8. The van der Waals surface area contributed by atoms with E-state index in [0.717, 1.165) is 48.1 Å². The van der Waals surface area contributed by atoms with Crippen molar-refractivity contribution in [1.82, 2.24) is 45.3 Å². The highest BCUT2D eigenvalue weighted by Gasteiger charge is 2.43. The number of ether oxygens (including phenoxy) is 6. The van der Waals surface area contributed by atoms with E-state index < -0.39 is 109 Å². The Morgan fingerprint density at radius 1 is 0.431 bits per heavy atom. The van der Waals surface area contributed by atoms with Crippen LogP contribution in [0.1, 0.15) is 137 Å². The van der Waals surface area contributed by atoms with Crippen molar-refractivity contribution < 1.29 is 92.2 Å². The van der Waals surface area contributed by atoms with Gasteiger partial charge in [0.2, 0.25) is 35.4 Å². The van der Waals surface area contributed by atoms with Gasteiger partial charge < -0.3 is 73.8 Å². The molecule has 6 fully saturated rings. The third kappa shape index (κ3) is 15.9. The summed E-state index contributed by atoms with van der Waals surface area (Å²) in [6, 6.07) is 29.4. The number of piperidine rings is 3. The molecule has 0 aromatic heterocycles. The molecule has 9 aliphatic heterocycles. The van der Waals surface area contributed by atoms with Gasteiger partial charge in [0.1, 0.15) is 75.0 Å². The van der Waals surface area contributed by atoms with Crippen molar-refractivity contribution in [3.63, 3.8) is 0 Å². The molecule has 0 spiro atoms. The monoisotopic (exact) mass is 1400 g/mol. The van der Waals surface area contributed by atoms with Gasteiger partial charge in [-0.2, -0.15) is 0 Å². The van der Waals surface area contributed by atoms with Gasteiger partial charge in [0.15, 0.2) is 2.82 Å². The molecule has 9 heterocycles. The second-order valence-electron chi connectivity index (χ2n) is 24.6. The largest absolute Gasteiger partial charge is 0.489 e. The molecule has 4 atom stereocenters. The van der Waals surface area contributed by atoms with E-state index in [9.17, 15) is 43.2 Å². The standard InChI is InChI=1S/3C26H27N3O5/c3*1-17-5-10-22(25(31)27-17)29-14-21-20(26(29)32)3-2-4-23(21)34-15-19-8-6-18(7-9-19)13-28-11-12-33-16-24(28)30/h3*2-4,6-9,22H,1,5,10-16H2,(H,27,31)/i5D2,10D2,22D;5D,10D2,22D;5D2,10D2/hD2. The fraction of sp³-hybridized carbons (Fsp3) is 0.346. The zero-order valence-electron chi connectivity index (χ0n) is 70.3. The summed E-state index contributed by atoms with van der Waals surface area (Å²) in [5, 5.41) is 2.61. The summed E-state index contributed by atoms with van der Waals surface area (Å²) in [7, 11) is 0. The molecule has 6 aromatic carbocycles. The number of nitrogens with one attached hydrogen (secondary N) is 3. The Kier molecular flexibility index (Phi) is 16.3. The van der Waals surface area contributed by atoms with Gasteiger partial charge >= 0.3 is 0 Å². The van der Waals surface area contributed by atoms with Crippen LogP contribution in [0.4, 0.5) is 0 Å². The van der Waals surface area contributed by atoms with Crippen molar-refractivity contribution in [2.75, 3.05) is 59.3 Å². The van der Waals surface area contributed by atoms with Crippen molar-refractivity contribution >= 4 is 53.2 Å². The van der Waals surface area contributed by atoms with Crippen molar-refractivity contribution in [2.24, 2.45) is 0 Å². The van der Waals surface area contributed by atoms with Crippen molar-refractivity contribution in [3.05, 3.63) is 231 Å². The van der Waals surface area contributed by atoms with Crippen LogP contribution in [0, 0.1) is 0 Å². The summed E-state index contributed by atoms with van der Waals surface area (Å²) < 4.78 is 158. The summed E-state index contributed by atoms with van der Waals surface area (Å²) in [6.07, 6.45) is -16.1. The molecular weight excluding hydrogens is 1300 g/mol. The van der Waals surface area contributed by atoms with E-state index in [1.165, 1.54) is 12.1 Å². The Morgan fingerprint density at radius 2 is 0.794 bits per heavy atom. The van der Waals surface area contributed by atoms with Crippen LogP contribution in [-0.2, 0) is 102 Å². The predicted octanol–water partition coefficient (Wildman–Crippen LogP) is 7.12. The lowest BCUT2D eigenvalue weighted by molar-refractivity contribution is -0.144. The highest BCUT2D eigenvalue weighted by atomic mass is 16.5. The third-order valence-corrected chi connectivity index (χ3v) is 17.7. The van der Waals surface area contributed by atoms with Crippen LogP contribution in [0.15, 0.2) is 164 Å². The van der Waals surface area contributed by atoms with Crippen LogP contribution in [0.2, 0.25) is 2.82 Å². The van der Waals surface area contributed by atoms with Gasteiger partial charge in [-0.3, -0.25) is 43.2 Å². The molecule has 24 heteroatoms. The molecule has 24 nitrogen and oxygen atoms in total. The molecule has 528 valence electrons. The highest BCUT2D eigenvalue weighted by molar-refractivity contribution is 6.04. The average molecular weight is 1400 g/mol. The lowest BCUT2D eigenvalue weighted by Gasteiger charge is -2.31. The Bertz CT molecular complexity index is 4890. The molecule has 9 amide bonds. The molecule has 0 saturated carbocycles. The maximum atomic E-state index is 13.3. The van der Waals surface area contributed by atoms with Crippen molar-refractivity contribution in [2.45, 2.75) is 115 Å². The maximum absolute atomic E-state index is 13.3. The molecule has 15 rings (SSSR count). The SMILES string of the molecule is [2H]C1([2H])C(=C)NC(=O)C([2H])(N2Cc3c(OCc4ccc(CN5CCOCC5=O)cc4)cccc3C2=O)C1([2H])[2H].[2H]C1C(=C)N([2H])C(=O)C([2H])(N2Cc3c(OCc4ccc(CN5CCOCC5=O)cc4)cccc3C2=O)C1([2H])[2H].[2H]N1C(=C)C([2H])([2H])C([2H])([2H])C(N2Cc3c(OCc4ccc(CN5CCOCC5=O)cc4)cccc3C2=O)C1=O. The molecule has 6 aromatic rings. The van der Waals surface area contributed by atoms with E-state index in [1.807, 2.05) is 72.8 Å². The molecule has 3 N–H and O–H groups in total. The lowest BCUT2D eigenvalue weighted by atomic mass is 10.0. The number of carbonyl (C=O) groups excluding carboxylic acids is 9. The lowest BCUT2D eigenvalue weighted by Crippen LogP contribution is -2.49. The van der Waals surface area contributed by atoms with Crippen LogP contribution in [0.5, 0.6) is 17.2 Å². The number of allylic oxidation sites excluding steroid dienone is 3. The fourth-order valence-electron chi connectivity index (χ4n) is 12.3. The van der Waals surface area contributed by atoms with Gasteiger partial charge in [0.25, 0.3) is 17.7 Å². The molecule has 6 saturated heterocycles. The van der Waals surface area contributed by atoms with Crippen LogP contribution in [-0.4, -0.2) is 160 Å². The number of amides is 9. The Morgan fingerprint density at radius 3 is 1.21 bits per heavy atom. The number of benzene rings is 6. The molecule has 0 bridgehead atoms. The first-order chi connectivity index (χ1) is 55.3. The number of hydrogen-bond acceptors (Lipinski definition) is 15. The van der Waals surface area contributed by atoms with Crippen molar-refractivity contribution in [3.8, 4) is 17.2 Å². The molecule has 9 aliphatic rings. The average Bonchev–Trinajstić information content (AvgIpc) is 1.68. The van der Waals surface area contributed by atoms with E-state index in [-0.39, 0.29) is 104 Å². The number of nitrogens with zero attached hydrogens (tertiary/aromatic N) is 6. The number of rotatable bonds is 18. The zero-order chi connectivity index (χ0) is 84.4. The Labute approximate surface area is 611 Å². The van der Waals surface area contributed by atoms with Crippen molar-refractivity contribution in [1.29, 1.82) is 0 Å². The smallest absolute Gasteiger partial charge is 0.255 e. The van der Waals surface area contributed by atoms with E-state index in [1.54, 1.807) is 57.2 Å². The zero-order valence-corrected chi connectivity index (χ0v) is 55.3. The summed E-state index contributed by atoms with van der Waals surface area (Å²) in [5.74, 6) is -4.78. The number of hydrogen-bond donors (Lipinski definition) is 3. The van der Waals surface area contributed by atoms with Gasteiger partial charge in [-0.15, -0.1) is 0 Å². The van der Waals surface area contributed by atoms with Gasteiger partial charge in [-0.25, -0.2) is 0 Å².